The topological polar surface area (TPSA) is 98.7 Å². The molecule has 1 unspecified atom stereocenters. The van der Waals surface area contributed by atoms with Crippen LogP contribution in [0.25, 0.3) is 11.1 Å². The van der Waals surface area contributed by atoms with Crippen molar-refractivity contribution >= 4 is 29.7 Å². The molecule has 37 heavy (non-hydrogen) atoms. The smallest absolute Gasteiger partial charge is 0.290 e. The summed E-state index contributed by atoms with van der Waals surface area (Å²) in [5.41, 5.74) is 5.15. The van der Waals surface area contributed by atoms with Crippen LogP contribution in [-0.4, -0.2) is 35.5 Å². The Labute approximate surface area is 221 Å². The summed E-state index contributed by atoms with van der Waals surface area (Å²) in [5, 5.41) is 13.6. The minimum Gasteiger partial charge on any atom is -0.483 e. The van der Waals surface area contributed by atoms with Gasteiger partial charge in [0.2, 0.25) is 11.8 Å². The van der Waals surface area contributed by atoms with Gasteiger partial charge in [0, 0.05) is 42.8 Å². The molecule has 2 aromatic carbocycles. The van der Waals surface area contributed by atoms with Crippen molar-refractivity contribution in [1.29, 1.82) is 0 Å². The van der Waals surface area contributed by atoms with E-state index < -0.39 is 0 Å². The largest absolute Gasteiger partial charge is 0.483 e. The third-order valence-electron chi connectivity index (χ3n) is 6.67. The number of hydrogen-bond acceptors (Lipinski definition) is 4. The lowest BCUT2D eigenvalue weighted by Crippen LogP contribution is -2.51. The normalized spacial score (nSPS) is 18.3. The van der Waals surface area contributed by atoms with Gasteiger partial charge in [-0.05, 0) is 66.1 Å². The molecule has 0 saturated heterocycles. The minimum atomic E-state index is -0.250. The number of benzene rings is 2. The lowest BCUT2D eigenvalue weighted by atomic mass is 9.80. The number of hydrogen-bond donors (Lipinski definition) is 3. The zero-order valence-electron chi connectivity index (χ0n) is 22.7. The summed E-state index contributed by atoms with van der Waals surface area (Å²) >= 11 is 0. The van der Waals surface area contributed by atoms with Gasteiger partial charge in [0.25, 0.3) is 6.47 Å². The molecule has 1 heterocycles. The van der Waals surface area contributed by atoms with E-state index in [1.165, 1.54) is 0 Å². The van der Waals surface area contributed by atoms with Crippen molar-refractivity contribution in [2.24, 2.45) is 5.92 Å². The van der Waals surface area contributed by atoms with Gasteiger partial charge in [-0.3, -0.25) is 14.4 Å². The SMILES string of the molecule is C=CCCCC(=O)Nc1ccc(-c2ccc3c(c2)C(NC(C)C)[C@H](C)[C@H](CC)N3C(C)=O)cc1.O=CO. The fraction of sp³-hybridized carbons (Fsp3) is 0.433. The van der Waals surface area contributed by atoms with Crippen LogP contribution >= 0.6 is 0 Å². The van der Waals surface area contributed by atoms with E-state index in [-0.39, 0.29) is 36.3 Å². The number of unbranched alkanes of at least 4 members (excludes halogenated alkanes) is 1. The summed E-state index contributed by atoms with van der Waals surface area (Å²) in [7, 11) is 0. The predicted molar refractivity (Wildman–Crippen MR) is 151 cm³/mol. The van der Waals surface area contributed by atoms with Crippen LogP contribution in [0.15, 0.2) is 55.1 Å². The standard InChI is InChI=1S/C29H39N3O2.CH2O2/c1-7-9-10-11-28(34)31-24-15-12-22(13-16-24)23-14-17-27-25(18-23)29(30-19(3)4)20(5)26(8-2)32(27)21(6)33;2-1-3/h7,12-20,26,29-30H,1,8-11H2,2-6H3,(H,31,34);1H,(H,2,3)/t20-,26+,29?;/m1./s1. The molecule has 7 heteroatoms. The average molecular weight is 508 g/mol. The molecule has 1 aliphatic heterocycles. The van der Waals surface area contributed by atoms with Crippen molar-refractivity contribution in [3.05, 3.63) is 60.7 Å². The van der Waals surface area contributed by atoms with Crippen LogP contribution in [0.1, 0.15) is 71.9 Å². The van der Waals surface area contributed by atoms with Gasteiger partial charge >= 0.3 is 0 Å². The molecule has 3 N–H and O–H groups in total. The molecule has 2 aromatic rings. The van der Waals surface area contributed by atoms with Gasteiger partial charge in [-0.15, -0.1) is 6.58 Å². The van der Waals surface area contributed by atoms with Crippen LogP contribution in [0.3, 0.4) is 0 Å². The molecule has 0 bridgehead atoms. The highest BCUT2D eigenvalue weighted by Crippen LogP contribution is 2.43. The number of allylic oxidation sites excluding steroid dienone is 1. The highest BCUT2D eigenvalue weighted by molar-refractivity contribution is 5.94. The zero-order chi connectivity index (χ0) is 27.5. The Bertz CT molecular complexity index is 1060. The molecule has 0 aliphatic carbocycles. The zero-order valence-corrected chi connectivity index (χ0v) is 22.7. The molecule has 3 rings (SSSR count). The molecule has 1 aliphatic rings. The Kier molecular flexibility index (Phi) is 11.5. The van der Waals surface area contributed by atoms with E-state index in [9.17, 15) is 9.59 Å². The monoisotopic (exact) mass is 507 g/mol. The van der Waals surface area contributed by atoms with Crippen LogP contribution in [0, 0.1) is 5.92 Å². The molecular weight excluding hydrogens is 466 g/mol. The van der Waals surface area contributed by atoms with E-state index in [1.807, 2.05) is 35.2 Å². The maximum Gasteiger partial charge on any atom is 0.290 e. The first-order chi connectivity index (χ1) is 17.7. The molecule has 3 atom stereocenters. The van der Waals surface area contributed by atoms with Crippen molar-refractivity contribution in [1.82, 2.24) is 5.32 Å². The second-order valence-corrected chi connectivity index (χ2v) is 9.71. The summed E-state index contributed by atoms with van der Waals surface area (Å²) in [6.45, 7) is 13.8. The Morgan fingerprint density at radius 2 is 1.76 bits per heavy atom. The molecular formula is C30H41N3O4. The van der Waals surface area contributed by atoms with Crippen LogP contribution in [0.5, 0.6) is 0 Å². The average Bonchev–Trinajstić information content (AvgIpc) is 2.86. The first kappa shape index (κ1) is 29.8. The van der Waals surface area contributed by atoms with Crippen LogP contribution in [0.4, 0.5) is 11.4 Å². The van der Waals surface area contributed by atoms with E-state index >= 15 is 0 Å². The number of carbonyl (C=O) groups is 3. The molecule has 0 aromatic heterocycles. The van der Waals surface area contributed by atoms with Gasteiger partial charge in [-0.25, -0.2) is 0 Å². The number of nitrogens with zero attached hydrogens (tertiary/aromatic N) is 1. The Morgan fingerprint density at radius 1 is 1.14 bits per heavy atom. The van der Waals surface area contributed by atoms with E-state index in [0.717, 1.165) is 47.3 Å². The highest BCUT2D eigenvalue weighted by atomic mass is 16.3. The van der Waals surface area contributed by atoms with Gasteiger partial charge in [0.05, 0.1) is 0 Å². The third-order valence-corrected chi connectivity index (χ3v) is 6.67. The van der Waals surface area contributed by atoms with E-state index in [2.05, 4.69) is 63.1 Å². The summed E-state index contributed by atoms with van der Waals surface area (Å²) in [6, 6.07) is 15.0. The van der Waals surface area contributed by atoms with Crippen LogP contribution in [0.2, 0.25) is 0 Å². The minimum absolute atomic E-state index is 0.0229. The molecule has 0 spiro atoms. The Balaban J connectivity index is 0.00000153. The van der Waals surface area contributed by atoms with Crippen molar-refractivity contribution < 1.29 is 19.5 Å². The molecule has 200 valence electrons. The van der Waals surface area contributed by atoms with Gasteiger partial charge in [-0.1, -0.05) is 52.0 Å². The lowest BCUT2D eigenvalue weighted by Gasteiger charge is -2.46. The number of amides is 2. The van der Waals surface area contributed by atoms with Gasteiger partial charge < -0.3 is 20.6 Å². The molecule has 0 saturated carbocycles. The third kappa shape index (κ3) is 7.76. The second kappa shape index (κ2) is 14.3. The summed E-state index contributed by atoms with van der Waals surface area (Å²) in [4.78, 5) is 35.1. The number of rotatable bonds is 9. The summed E-state index contributed by atoms with van der Waals surface area (Å²) < 4.78 is 0. The lowest BCUT2D eigenvalue weighted by molar-refractivity contribution is -0.123. The molecule has 0 fully saturated rings. The summed E-state index contributed by atoms with van der Waals surface area (Å²) in [5.74, 6) is 0.399. The fourth-order valence-corrected chi connectivity index (χ4v) is 5.06. The number of carboxylic acid groups (broad SMARTS) is 1. The number of carbonyl (C=O) groups excluding carboxylic acids is 2. The second-order valence-electron chi connectivity index (χ2n) is 9.71. The predicted octanol–water partition coefficient (Wildman–Crippen LogP) is 6.17. The first-order valence-corrected chi connectivity index (χ1v) is 13.0. The van der Waals surface area contributed by atoms with Crippen LogP contribution < -0.4 is 15.5 Å². The maximum absolute atomic E-state index is 12.6. The Morgan fingerprint density at radius 3 is 2.30 bits per heavy atom. The highest BCUT2D eigenvalue weighted by Gasteiger charge is 2.39. The van der Waals surface area contributed by atoms with Crippen molar-refractivity contribution in [2.75, 3.05) is 10.2 Å². The van der Waals surface area contributed by atoms with Crippen molar-refractivity contribution in [3.63, 3.8) is 0 Å². The van der Waals surface area contributed by atoms with Gasteiger partial charge in [0.15, 0.2) is 0 Å². The number of fused-ring (bicyclic) bond motifs is 1. The van der Waals surface area contributed by atoms with E-state index in [0.29, 0.717) is 12.5 Å². The molecule has 7 nitrogen and oxygen atoms in total. The fourth-order valence-electron chi connectivity index (χ4n) is 5.06. The molecule has 0 radical (unpaired) electrons. The van der Waals surface area contributed by atoms with Gasteiger partial charge in [0.1, 0.15) is 0 Å². The van der Waals surface area contributed by atoms with E-state index in [4.69, 9.17) is 9.90 Å². The number of nitrogens with one attached hydrogen (secondary N) is 2. The van der Waals surface area contributed by atoms with Crippen molar-refractivity contribution in [2.45, 2.75) is 78.4 Å². The number of anilines is 2. The first-order valence-electron chi connectivity index (χ1n) is 13.0. The quantitative estimate of drug-likeness (QED) is 0.214. The Hall–Kier alpha value is -3.45. The van der Waals surface area contributed by atoms with Crippen LogP contribution in [-0.2, 0) is 14.4 Å². The summed E-state index contributed by atoms with van der Waals surface area (Å²) in [6.07, 6.45) is 4.89. The molecule has 2 amide bonds. The van der Waals surface area contributed by atoms with Crippen molar-refractivity contribution in [3.8, 4) is 11.1 Å². The van der Waals surface area contributed by atoms with E-state index in [1.54, 1.807) is 6.92 Å². The van der Waals surface area contributed by atoms with Gasteiger partial charge in [-0.2, -0.15) is 0 Å². The maximum atomic E-state index is 12.6.